The fourth-order valence-electron chi connectivity index (χ4n) is 6.87. The van der Waals surface area contributed by atoms with Gasteiger partial charge in [-0.05, 0) is 64.0 Å². The second-order valence-corrected chi connectivity index (χ2v) is 15.2. The van der Waals surface area contributed by atoms with Crippen LogP contribution in [-0.4, -0.2) is 23.5 Å². The maximum atomic E-state index is 14.6. The van der Waals surface area contributed by atoms with Crippen LogP contribution in [0.4, 0.5) is 13.2 Å². The fraction of sp³-hybridized carbons (Fsp3) is 0.179. The summed E-state index contributed by atoms with van der Waals surface area (Å²) in [4.78, 5) is 14.6. The van der Waals surface area contributed by atoms with Gasteiger partial charge in [-0.3, -0.25) is 0 Å². The molecule has 46 heavy (non-hydrogen) atoms. The van der Waals surface area contributed by atoms with Crippen LogP contribution in [0.15, 0.2) is 120 Å². The first-order valence-electron chi connectivity index (χ1n) is 15.1. The lowest BCUT2D eigenvalue weighted by atomic mass is 9.88. The third-order valence-electron chi connectivity index (χ3n) is 8.98. The molecule has 0 saturated carbocycles. The molecule has 0 bridgehead atoms. The van der Waals surface area contributed by atoms with E-state index in [1.54, 1.807) is 6.08 Å². The Bertz CT molecular complexity index is 1870. The highest BCUT2D eigenvalue weighted by Crippen LogP contribution is 2.58. The zero-order valence-corrected chi connectivity index (χ0v) is 26.9. The number of carbonyl (C=O) groups is 1. The van der Waals surface area contributed by atoms with Gasteiger partial charge < -0.3 is 9.84 Å². The minimum Gasteiger partial charge on any atom is -0.507 e. The summed E-state index contributed by atoms with van der Waals surface area (Å²) in [5, 5.41) is 14.5. The van der Waals surface area contributed by atoms with E-state index in [1.165, 1.54) is 7.11 Å². The van der Waals surface area contributed by atoms with Crippen molar-refractivity contribution in [3.8, 4) is 5.75 Å². The van der Waals surface area contributed by atoms with Gasteiger partial charge in [0, 0.05) is 11.5 Å². The van der Waals surface area contributed by atoms with Gasteiger partial charge in [-0.2, -0.15) is 13.2 Å². The Morgan fingerprint density at radius 3 is 1.78 bits per heavy atom. The van der Waals surface area contributed by atoms with Gasteiger partial charge in [0.25, 0.3) is 0 Å². The lowest BCUT2D eigenvalue weighted by Gasteiger charge is -2.35. The van der Waals surface area contributed by atoms with Crippen molar-refractivity contribution in [1.82, 2.24) is 0 Å². The molecule has 0 heterocycles. The van der Waals surface area contributed by atoms with Crippen LogP contribution in [0.25, 0.3) is 11.6 Å². The third kappa shape index (κ3) is 4.96. The minimum atomic E-state index is -4.83. The number of methoxy groups -OCH3 is 1. The molecule has 1 N–H and O–H groups in total. The van der Waals surface area contributed by atoms with Crippen LogP contribution in [0.5, 0.6) is 5.75 Å². The van der Waals surface area contributed by atoms with Crippen LogP contribution < -0.4 is 15.9 Å². The molecule has 2 aliphatic carbocycles. The zero-order valence-electron chi connectivity index (χ0n) is 26.0. The highest BCUT2D eigenvalue weighted by atomic mass is 31.2. The first-order valence-corrected chi connectivity index (χ1v) is 16.9. The van der Waals surface area contributed by atoms with Crippen molar-refractivity contribution in [2.24, 2.45) is 5.92 Å². The lowest BCUT2D eigenvalue weighted by Crippen LogP contribution is -2.37. The number of hydrogen-bond donors (Lipinski definition) is 1. The number of ether oxygens (including phenoxy) is 1. The van der Waals surface area contributed by atoms with Crippen molar-refractivity contribution >= 4 is 45.7 Å². The highest BCUT2D eigenvalue weighted by Gasteiger charge is 2.47. The molecule has 6 rings (SSSR count). The molecule has 0 saturated heterocycles. The number of allylic oxidation sites excluding steroid dienone is 5. The van der Waals surface area contributed by atoms with Crippen molar-refractivity contribution in [1.29, 1.82) is 0 Å². The van der Waals surface area contributed by atoms with Crippen LogP contribution in [-0.2, 0) is 15.7 Å². The number of halogens is 3. The number of carbonyl (C=O) groups excluding carboxylic acids is 1. The summed E-state index contributed by atoms with van der Waals surface area (Å²) < 4.78 is 49.5. The van der Waals surface area contributed by atoms with Gasteiger partial charge in [0.15, 0.2) is 0 Å². The second-order valence-electron chi connectivity index (χ2n) is 11.9. The Kier molecular flexibility index (Phi) is 8.20. The average Bonchev–Trinajstić information content (AvgIpc) is 3.20. The van der Waals surface area contributed by atoms with E-state index in [0.29, 0.717) is 27.6 Å². The van der Waals surface area contributed by atoms with Crippen molar-refractivity contribution < 1.29 is 27.8 Å². The van der Waals surface area contributed by atoms with Crippen LogP contribution in [0.3, 0.4) is 0 Å². The molecule has 0 aliphatic heterocycles. The predicted molar refractivity (Wildman–Crippen MR) is 183 cm³/mol. The lowest BCUT2D eigenvalue weighted by molar-refractivity contribution is -0.138. The molecule has 0 radical (unpaired) electrons. The highest BCUT2D eigenvalue weighted by molar-refractivity contribution is 7.96. The number of phenols is 1. The number of hydrogen-bond acceptors (Lipinski definition) is 3. The largest absolute Gasteiger partial charge is 0.507 e. The van der Waals surface area contributed by atoms with Gasteiger partial charge in [-0.25, -0.2) is 4.79 Å². The zero-order chi connectivity index (χ0) is 32.8. The molecular weight excluding hydrogens is 604 g/mol. The molecule has 2 aliphatic rings. The van der Waals surface area contributed by atoms with Gasteiger partial charge in [0.1, 0.15) is 5.75 Å². The summed E-state index contributed by atoms with van der Waals surface area (Å²) in [5.41, 5.74) is 2.12. The number of phenolic OH excluding ortho intramolecular Hbond substituents is 1. The maximum absolute atomic E-state index is 14.6. The van der Waals surface area contributed by atoms with E-state index in [1.807, 2.05) is 124 Å². The molecule has 1 unspecified atom stereocenters. The molecule has 3 nitrogen and oxygen atoms in total. The number of esters is 1. The molecule has 0 spiro atoms. The third-order valence-corrected chi connectivity index (χ3v) is 13.4. The summed E-state index contributed by atoms with van der Waals surface area (Å²) in [5.74, 6) is -2.43. The molecular formula is C39H34F3O3P. The van der Waals surface area contributed by atoms with E-state index in [9.17, 15) is 23.1 Å². The van der Waals surface area contributed by atoms with E-state index >= 15 is 0 Å². The minimum absolute atomic E-state index is 0.0794. The van der Waals surface area contributed by atoms with Crippen molar-refractivity contribution in [2.75, 3.05) is 7.11 Å². The topological polar surface area (TPSA) is 46.5 Å². The molecule has 0 fully saturated rings. The summed E-state index contributed by atoms with van der Waals surface area (Å²) >= 11 is 0. The molecule has 4 aromatic rings. The monoisotopic (exact) mass is 638 g/mol. The molecule has 1 atom stereocenters. The van der Waals surface area contributed by atoms with Crippen LogP contribution in [0, 0.1) is 5.92 Å². The Morgan fingerprint density at radius 2 is 1.35 bits per heavy atom. The first-order chi connectivity index (χ1) is 22.0. The summed E-state index contributed by atoms with van der Waals surface area (Å²) in [7, 11) is 1.30. The van der Waals surface area contributed by atoms with E-state index in [4.69, 9.17) is 4.74 Å². The summed E-state index contributed by atoms with van der Waals surface area (Å²) in [6.45, 7) is 2.75. The predicted octanol–water partition coefficient (Wildman–Crippen LogP) is 8.23. The number of alkyl halides is 3. The van der Waals surface area contributed by atoms with E-state index < -0.39 is 36.3 Å². The fourth-order valence-corrected chi connectivity index (χ4v) is 11.5. The van der Waals surface area contributed by atoms with Crippen LogP contribution in [0.1, 0.15) is 48.9 Å². The first kappa shape index (κ1) is 31.4. The summed E-state index contributed by atoms with van der Waals surface area (Å²) in [6, 6.07) is 29.9. The Labute approximate surface area is 267 Å². The SMILES string of the molecule is COC(=O)C(C1C(C)=C2C=C(C(C)C)C=Cc3cc(C(F)(F)F)c(O)c1c32)=P(c1ccccc1)(c1ccccc1)c1ccccc1. The quantitative estimate of drug-likeness (QED) is 0.171. The van der Waals surface area contributed by atoms with Gasteiger partial charge in [0.2, 0.25) is 0 Å². The van der Waals surface area contributed by atoms with Crippen molar-refractivity contribution in [3.05, 3.63) is 143 Å². The smallest absolute Gasteiger partial charge is 0.419 e. The standard InChI is InChI=1S/C39H34F3O3P/c1-24(2)26-20-21-27-23-32(39(40,41)42)36(43)35-33(25(3)31(22-26)34(27)35)37(38(44)45-4)46(28-14-8-5-9-15-28,29-16-10-6-11-17-29)30-18-12-7-13-19-30/h5-24,33,43H,1-4H3. The van der Waals surface area contributed by atoms with Crippen LogP contribution >= 0.6 is 6.89 Å². The van der Waals surface area contributed by atoms with Gasteiger partial charge in [0.05, 0.1) is 18.0 Å². The maximum Gasteiger partial charge on any atom is 0.419 e. The van der Waals surface area contributed by atoms with Crippen LogP contribution in [0.2, 0.25) is 0 Å². The van der Waals surface area contributed by atoms with Gasteiger partial charge >= 0.3 is 12.1 Å². The normalized spacial score (nSPS) is 15.8. The molecule has 0 amide bonds. The van der Waals surface area contributed by atoms with E-state index in [2.05, 4.69) is 0 Å². The van der Waals surface area contributed by atoms with Crippen molar-refractivity contribution in [2.45, 2.75) is 32.9 Å². The average molecular weight is 639 g/mol. The van der Waals surface area contributed by atoms with Gasteiger partial charge in [-0.15, -0.1) is 0 Å². The molecule has 7 heteroatoms. The molecule has 4 aromatic carbocycles. The number of benzene rings is 4. The van der Waals surface area contributed by atoms with Crippen molar-refractivity contribution in [3.63, 3.8) is 0 Å². The number of rotatable bonds is 6. The molecule has 0 aromatic heterocycles. The summed E-state index contributed by atoms with van der Waals surface area (Å²) in [6.07, 6.45) is 0.682. The van der Waals surface area contributed by atoms with E-state index in [-0.39, 0.29) is 11.5 Å². The van der Waals surface area contributed by atoms with Gasteiger partial charge in [-0.1, -0.05) is 129 Å². The second kappa shape index (κ2) is 12.0. The Hall–Kier alpha value is -4.54. The number of aromatic hydroxyl groups is 1. The Morgan fingerprint density at radius 1 is 0.848 bits per heavy atom. The van der Waals surface area contributed by atoms with E-state index in [0.717, 1.165) is 27.6 Å². The Balaban J connectivity index is 1.91. The molecule has 234 valence electrons.